The molecule has 0 aliphatic carbocycles. The summed E-state index contributed by atoms with van der Waals surface area (Å²) < 4.78 is 61.6. The second kappa shape index (κ2) is 4.55. The smallest absolute Gasteiger partial charge is 0.419 e. The highest BCUT2D eigenvalue weighted by Crippen LogP contribution is 2.39. The second-order valence-electron chi connectivity index (χ2n) is 2.86. The molecule has 1 rings (SSSR count). The fraction of sp³-hybridized carbons (Fsp3) is 0.250. The normalized spacial score (nSPS) is 11.9. The van der Waals surface area contributed by atoms with Crippen LogP contribution in [0.2, 0.25) is 0 Å². The van der Waals surface area contributed by atoms with Gasteiger partial charge in [-0.05, 0) is 15.9 Å². The largest absolute Gasteiger partial charge is 0.478 e. The molecule has 0 atom stereocenters. The van der Waals surface area contributed by atoms with Crippen molar-refractivity contribution in [3.8, 4) is 0 Å². The Morgan fingerprint density at radius 1 is 1.41 bits per heavy atom. The highest BCUT2D eigenvalue weighted by molar-refractivity contribution is 9.10. The minimum atomic E-state index is -5.09. The van der Waals surface area contributed by atoms with Gasteiger partial charge < -0.3 is 5.11 Å². The maximum absolute atomic E-state index is 12.5. The first kappa shape index (κ1) is 13.8. The topological polar surface area (TPSA) is 50.2 Å². The standard InChI is InChI=1S/C8H3BrF5NO2/c9-5-4(8(12,13)14)3(7(16)17)2(1-15-5)6(10)11/h1,6H,(H,16,17). The van der Waals surface area contributed by atoms with Gasteiger partial charge in [0.05, 0.1) is 11.1 Å². The van der Waals surface area contributed by atoms with E-state index in [4.69, 9.17) is 5.11 Å². The summed E-state index contributed by atoms with van der Waals surface area (Å²) in [5.74, 6) is -2.09. The summed E-state index contributed by atoms with van der Waals surface area (Å²) in [5.41, 5.74) is -4.48. The number of aromatic carboxylic acids is 1. The molecule has 0 saturated heterocycles. The number of aromatic nitrogens is 1. The van der Waals surface area contributed by atoms with Gasteiger partial charge in [-0.25, -0.2) is 18.6 Å². The van der Waals surface area contributed by atoms with Gasteiger partial charge in [0, 0.05) is 6.20 Å². The van der Waals surface area contributed by atoms with Gasteiger partial charge in [0.1, 0.15) is 10.2 Å². The number of nitrogens with zero attached hydrogens (tertiary/aromatic N) is 1. The lowest BCUT2D eigenvalue weighted by Gasteiger charge is -2.14. The summed E-state index contributed by atoms with van der Waals surface area (Å²) in [4.78, 5) is 13.7. The van der Waals surface area contributed by atoms with E-state index >= 15 is 0 Å². The Morgan fingerprint density at radius 2 is 1.94 bits per heavy atom. The van der Waals surface area contributed by atoms with Gasteiger partial charge in [0.15, 0.2) is 0 Å². The van der Waals surface area contributed by atoms with Gasteiger partial charge in [-0.1, -0.05) is 0 Å². The Balaban J connectivity index is 3.67. The van der Waals surface area contributed by atoms with Crippen LogP contribution in [0.25, 0.3) is 0 Å². The fourth-order valence-electron chi connectivity index (χ4n) is 1.16. The molecule has 0 bridgehead atoms. The van der Waals surface area contributed by atoms with Gasteiger partial charge in [-0.15, -0.1) is 0 Å². The molecule has 0 saturated carbocycles. The van der Waals surface area contributed by atoms with Crippen molar-refractivity contribution in [2.75, 3.05) is 0 Å². The number of carboxylic acids is 1. The van der Waals surface area contributed by atoms with Crippen LogP contribution in [0.4, 0.5) is 22.0 Å². The lowest BCUT2D eigenvalue weighted by Crippen LogP contribution is -2.17. The average molecular weight is 320 g/mol. The van der Waals surface area contributed by atoms with E-state index in [1.54, 1.807) is 0 Å². The van der Waals surface area contributed by atoms with Gasteiger partial charge in [0.2, 0.25) is 0 Å². The van der Waals surface area contributed by atoms with E-state index in [-0.39, 0.29) is 0 Å². The molecule has 1 heterocycles. The van der Waals surface area contributed by atoms with Crippen LogP contribution in [0.5, 0.6) is 0 Å². The van der Waals surface area contributed by atoms with Crippen LogP contribution in [0.15, 0.2) is 10.8 Å². The molecular formula is C8H3BrF5NO2. The zero-order valence-corrected chi connectivity index (χ0v) is 9.31. The number of hydrogen-bond acceptors (Lipinski definition) is 2. The summed E-state index contributed by atoms with van der Waals surface area (Å²) in [6, 6.07) is 0. The van der Waals surface area contributed by atoms with Crippen molar-refractivity contribution in [2.45, 2.75) is 12.6 Å². The number of pyridine rings is 1. The van der Waals surface area contributed by atoms with Crippen LogP contribution in [-0.4, -0.2) is 16.1 Å². The molecule has 9 heteroatoms. The van der Waals surface area contributed by atoms with E-state index in [9.17, 15) is 26.7 Å². The molecule has 0 aromatic carbocycles. The Morgan fingerprint density at radius 3 is 2.29 bits per heavy atom. The van der Waals surface area contributed by atoms with Crippen molar-refractivity contribution in [1.29, 1.82) is 0 Å². The van der Waals surface area contributed by atoms with Gasteiger partial charge in [-0.3, -0.25) is 0 Å². The molecule has 1 N–H and O–H groups in total. The fourth-order valence-corrected chi connectivity index (χ4v) is 1.68. The molecule has 0 unspecified atom stereocenters. The number of rotatable bonds is 2. The first-order valence-corrected chi connectivity index (χ1v) is 4.72. The second-order valence-corrected chi connectivity index (χ2v) is 3.61. The SMILES string of the molecule is O=C(O)c1c(C(F)F)cnc(Br)c1C(F)(F)F. The van der Waals surface area contributed by atoms with Crippen LogP contribution >= 0.6 is 15.9 Å². The Hall–Kier alpha value is -1.25. The molecular weight excluding hydrogens is 317 g/mol. The highest BCUT2D eigenvalue weighted by atomic mass is 79.9. The van der Waals surface area contributed by atoms with E-state index < -0.39 is 39.9 Å². The summed E-state index contributed by atoms with van der Waals surface area (Å²) in [7, 11) is 0. The zero-order chi connectivity index (χ0) is 13.4. The first-order chi connectivity index (χ1) is 7.66. The lowest BCUT2D eigenvalue weighted by molar-refractivity contribution is -0.139. The Bertz CT molecular complexity index is 460. The van der Waals surface area contributed by atoms with Crippen LogP contribution in [0.1, 0.15) is 27.9 Å². The molecule has 0 radical (unpaired) electrons. The monoisotopic (exact) mass is 319 g/mol. The number of carbonyl (C=O) groups is 1. The lowest BCUT2D eigenvalue weighted by atomic mass is 10.0. The molecule has 0 spiro atoms. The third kappa shape index (κ3) is 2.71. The van der Waals surface area contributed by atoms with Gasteiger partial charge >= 0.3 is 12.1 Å². The quantitative estimate of drug-likeness (QED) is 0.670. The maximum atomic E-state index is 12.5. The van der Waals surface area contributed by atoms with Crippen molar-refractivity contribution >= 4 is 21.9 Å². The molecule has 3 nitrogen and oxygen atoms in total. The third-order valence-corrected chi connectivity index (χ3v) is 2.40. The zero-order valence-electron chi connectivity index (χ0n) is 7.73. The van der Waals surface area contributed by atoms with E-state index in [1.807, 2.05) is 0 Å². The Kier molecular flexibility index (Phi) is 3.70. The van der Waals surface area contributed by atoms with E-state index in [0.29, 0.717) is 6.20 Å². The minimum absolute atomic E-state index is 0.396. The predicted octanol–water partition coefficient (Wildman–Crippen LogP) is 3.50. The molecule has 0 fully saturated rings. The summed E-state index contributed by atoms with van der Waals surface area (Å²) >= 11 is 2.40. The van der Waals surface area contributed by atoms with E-state index in [0.717, 1.165) is 0 Å². The number of carboxylic acid groups (broad SMARTS) is 1. The summed E-state index contributed by atoms with van der Waals surface area (Å²) in [6.45, 7) is 0. The molecule has 1 aromatic rings. The van der Waals surface area contributed by atoms with Crippen LogP contribution in [-0.2, 0) is 6.18 Å². The van der Waals surface area contributed by atoms with Crippen molar-refractivity contribution in [3.63, 3.8) is 0 Å². The predicted molar refractivity (Wildman–Crippen MR) is 48.9 cm³/mol. The summed E-state index contributed by atoms with van der Waals surface area (Å²) in [5, 5.41) is 8.60. The molecule has 1 aromatic heterocycles. The van der Waals surface area contributed by atoms with Crippen LogP contribution in [0, 0.1) is 0 Å². The summed E-state index contributed by atoms with van der Waals surface area (Å²) in [6.07, 6.45) is -8.06. The number of alkyl halides is 5. The number of halogens is 6. The minimum Gasteiger partial charge on any atom is -0.478 e. The van der Waals surface area contributed by atoms with Crippen molar-refractivity contribution in [2.24, 2.45) is 0 Å². The van der Waals surface area contributed by atoms with Crippen molar-refractivity contribution < 1.29 is 31.9 Å². The van der Waals surface area contributed by atoms with E-state index in [1.165, 1.54) is 0 Å². The molecule has 0 aliphatic rings. The van der Waals surface area contributed by atoms with E-state index in [2.05, 4.69) is 20.9 Å². The highest BCUT2D eigenvalue weighted by Gasteiger charge is 2.41. The van der Waals surface area contributed by atoms with Crippen molar-refractivity contribution in [3.05, 3.63) is 27.5 Å². The Labute approximate surface area is 99.4 Å². The maximum Gasteiger partial charge on any atom is 0.419 e. The number of hydrogen-bond donors (Lipinski definition) is 1. The molecule has 0 amide bonds. The third-order valence-electron chi connectivity index (χ3n) is 1.79. The van der Waals surface area contributed by atoms with Crippen molar-refractivity contribution in [1.82, 2.24) is 4.98 Å². The molecule has 94 valence electrons. The van der Waals surface area contributed by atoms with Gasteiger partial charge in [0.25, 0.3) is 6.43 Å². The van der Waals surface area contributed by atoms with Crippen LogP contribution < -0.4 is 0 Å². The van der Waals surface area contributed by atoms with Crippen LogP contribution in [0.3, 0.4) is 0 Å². The molecule has 17 heavy (non-hydrogen) atoms. The average Bonchev–Trinajstić information content (AvgIpc) is 2.14. The van der Waals surface area contributed by atoms with Gasteiger partial charge in [-0.2, -0.15) is 13.2 Å². The molecule has 0 aliphatic heterocycles. The first-order valence-electron chi connectivity index (χ1n) is 3.93.